The molecule has 0 aliphatic carbocycles. The van der Waals surface area contributed by atoms with Crippen LogP contribution >= 0.6 is 0 Å². The summed E-state index contributed by atoms with van der Waals surface area (Å²) < 4.78 is 16.8. The number of hydrogen-bond acceptors (Lipinski definition) is 4. The molecule has 130 valence electrons. The molecule has 0 amide bonds. The number of ether oxygens (including phenoxy) is 2. The van der Waals surface area contributed by atoms with Gasteiger partial charge >= 0.3 is 0 Å². The van der Waals surface area contributed by atoms with Crippen molar-refractivity contribution < 1.29 is 14.0 Å². The number of aryl methyl sites for hydroxylation is 1. The topological polar surface area (TPSA) is 44.5 Å². The molecule has 0 spiro atoms. The molecule has 0 N–H and O–H groups in total. The van der Waals surface area contributed by atoms with Gasteiger partial charge in [-0.1, -0.05) is 50.6 Å². The molecule has 2 aromatic carbocycles. The molecule has 0 aliphatic rings. The van der Waals surface area contributed by atoms with Gasteiger partial charge in [0.2, 0.25) is 0 Å². The van der Waals surface area contributed by atoms with Crippen LogP contribution in [0.5, 0.6) is 17.4 Å². The van der Waals surface area contributed by atoms with Crippen LogP contribution in [-0.4, -0.2) is 5.16 Å². The van der Waals surface area contributed by atoms with Gasteiger partial charge in [0.15, 0.2) is 0 Å². The van der Waals surface area contributed by atoms with Crippen molar-refractivity contribution in [2.45, 2.75) is 39.7 Å². The Morgan fingerprint density at radius 2 is 1.56 bits per heavy atom. The van der Waals surface area contributed by atoms with Gasteiger partial charge in [-0.3, -0.25) is 0 Å². The Morgan fingerprint density at radius 1 is 0.920 bits per heavy atom. The zero-order valence-corrected chi connectivity index (χ0v) is 15.1. The molecule has 4 heteroatoms. The third-order valence-electron chi connectivity index (χ3n) is 3.80. The van der Waals surface area contributed by atoms with Gasteiger partial charge in [-0.2, -0.15) is 0 Å². The quantitative estimate of drug-likeness (QED) is 0.603. The fourth-order valence-electron chi connectivity index (χ4n) is 2.24. The minimum Gasteiger partial charge on any atom is -0.489 e. The van der Waals surface area contributed by atoms with E-state index in [4.69, 9.17) is 14.0 Å². The van der Waals surface area contributed by atoms with Crippen molar-refractivity contribution in [2.75, 3.05) is 0 Å². The summed E-state index contributed by atoms with van der Waals surface area (Å²) in [5, 5.41) is 3.95. The zero-order valence-electron chi connectivity index (χ0n) is 15.1. The molecule has 3 aromatic rings. The van der Waals surface area contributed by atoms with Crippen LogP contribution in [0.1, 0.15) is 37.7 Å². The third-order valence-corrected chi connectivity index (χ3v) is 3.80. The van der Waals surface area contributed by atoms with E-state index in [1.54, 1.807) is 0 Å². The van der Waals surface area contributed by atoms with E-state index in [0.717, 1.165) is 17.1 Å². The van der Waals surface area contributed by atoms with Gasteiger partial charge in [0, 0.05) is 11.5 Å². The highest BCUT2D eigenvalue weighted by Crippen LogP contribution is 2.28. The minimum atomic E-state index is -0.0950. The van der Waals surface area contributed by atoms with E-state index in [0.29, 0.717) is 18.2 Å². The molecule has 0 radical (unpaired) electrons. The highest BCUT2D eigenvalue weighted by molar-refractivity contribution is 5.34. The van der Waals surface area contributed by atoms with Gasteiger partial charge in [0.1, 0.15) is 23.9 Å². The summed E-state index contributed by atoms with van der Waals surface area (Å²) in [6, 6.07) is 17.6. The maximum atomic E-state index is 5.80. The van der Waals surface area contributed by atoms with Crippen molar-refractivity contribution in [1.82, 2.24) is 5.16 Å². The van der Waals surface area contributed by atoms with Gasteiger partial charge in [0.05, 0.1) is 0 Å². The van der Waals surface area contributed by atoms with Crippen molar-refractivity contribution in [3.05, 3.63) is 71.5 Å². The number of benzene rings is 2. The third kappa shape index (κ3) is 4.63. The lowest BCUT2D eigenvalue weighted by Gasteiger charge is -2.11. The number of nitrogens with zero attached hydrogens (tertiary/aromatic N) is 1. The highest BCUT2D eigenvalue weighted by Gasteiger charge is 2.20. The lowest BCUT2D eigenvalue weighted by Crippen LogP contribution is -2.09. The molecule has 0 fully saturated rings. The second-order valence-corrected chi connectivity index (χ2v) is 7.13. The van der Waals surface area contributed by atoms with Crippen LogP contribution in [0.15, 0.2) is 59.1 Å². The Kier molecular flexibility index (Phi) is 4.79. The Balaban J connectivity index is 1.58. The van der Waals surface area contributed by atoms with Crippen molar-refractivity contribution in [3.63, 3.8) is 0 Å². The summed E-state index contributed by atoms with van der Waals surface area (Å²) >= 11 is 0. The predicted octanol–water partition coefficient (Wildman–Crippen LogP) is 5.65. The van der Waals surface area contributed by atoms with Crippen molar-refractivity contribution in [1.29, 1.82) is 0 Å². The molecule has 0 saturated heterocycles. The molecular weight excluding hydrogens is 314 g/mol. The maximum Gasteiger partial charge on any atom is 0.259 e. The molecule has 1 aromatic heterocycles. The van der Waals surface area contributed by atoms with Crippen molar-refractivity contribution >= 4 is 0 Å². The molecule has 0 aliphatic heterocycles. The summed E-state index contributed by atoms with van der Waals surface area (Å²) in [4.78, 5) is 0. The molecule has 0 bridgehead atoms. The summed E-state index contributed by atoms with van der Waals surface area (Å²) in [6.07, 6.45) is 0. The molecule has 0 atom stereocenters. The van der Waals surface area contributed by atoms with Gasteiger partial charge in [-0.15, -0.1) is 0 Å². The van der Waals surface area contributed by atoms with Crippen LogP contribution in [-0.2, 0) is 12.0 Å². The van der Waals surface area contributed by atoms with Crippen LogP contribution in [0.25, 0.3) is 0 Å². The van der Waals surface area contributed by atoms with Gasteiger partial charge in [-0.25, -0.2) is 0 Å². The van der Waals surface area contributed by atoms with Crippen molar-refractivity contribution in [2.24, 2.45) is 0 Å². The first kappa shape index (κ1) is 17.1. The fourth-order valence-corrected chi connectivity index (χ4v) is 2.24. The summed E-state index contributed by atoms with van der Waals surface area (Å²) in [5.41, 5.74) is 2.29. The van der Waals surface area contributed by atoms with E-state index in [2.05, 4.69) is 57.1 Å². The van der Waals surface area contributed by atoms with E-state index >= 15 is 0 Å². The summed E-state index contributed by atoms with van der Waals surface area (Å²) in [7, 11) is 0. The average molecular weight is 337 g/mol. The zero-order chi connectivity index (χ0) is 17.9. The normalized spacial score (nSPS) is 11.4. The molecule has 4 nitrogen and oxygen atoms in total. The van der Waals surface area contributed by atoms with E-state index < -0.39 is 0 Å². The minimum absolute atomic E-state index is 0.0950. The van der Waals surface area contributed by atoms with Crippen molar-refractivity contribution in [3.8, 4) is 17.4 Å². The largest absolute Gasteiger partial charge is 0.489 e. The fraction of sp³-hybridized carbons (Fsp3) is 0.286. The highest BCUT2D eigenvalue weighted by atomic mass is 16.5. The SMILES string of the molecule is Cc1ccc(COc2ccc(Oc3cc(C(C)(C)C)on3)cc2)cc1. The van der Waals surface area contributed by atoms with Crippen LogP contribution < -0.4 is 9.47 Å². The molecular formula is C21H23NO3. The Labute approximate surface area is 148 Å². The number of hydrogen-bond donors (Lipinski definition) is 0. The van der Waals surface area contributed by atoms with Gasteiger partial charge in [-0.05, 0) is 41.9 Å². The molecule has 3 rings (SSSR count). The van der Waals surface area contributed by atoms with Crippen LogP contribution in [0.2, 0.25) is 0 Å². The van der Waals surface area contributed by atoms with Crippen LogP contribution in [0.3, 0.4) is 0 Å². The molecule has 25 heavy (non-hydrogen) atoms. The monoisotopic (exact) mass is 337 g/mol. The molecule has 1 heterocycles. The van der Waals surface area contributed by atoms with Gasteiger partial charge < -0.3 is 14.0 Å². The van der Waals surface area contributed by atoms with Gasteiger partial charge in [0.25, 0.3) is 5.88 Å². The van der Waals surface area contributed by atoms with E-state index in [1.165, 1.54) is 5.56 Å². The Hall–Kier alpha value is -2.75. The standard InChI is InChI=1S/C21H23NO3/c1-15-5-7-16(8-6-15)14-23-17-9-11-18(12-10-17)24-20-13-19(25-22-20)21(2,3)4/h5-13H,14H2,1-4H3. The van der Waals surface area contributed by atoms with Crippen LogP contribution in [0, 0.1) is 6.92 Å². The number of aromatic nitrogens is 1. The Bertz CT molecular complexity index is 812. The Morgan fingerprint density at radius 3 is 2.16 bits per heavy atom. The van der Waals surface area contributed by atoms with E-state index in [9.17, 15) is 0 Å². The smallest absolute Gasteiger partial charge is 0.259 e. The maximum absolute atomic E-state index is 5.80. The second kappa shape index (κ2) is 7.01. The van der Waals surface area contributed by atoms with E-state index in [-0.39, 0.29) is 5.41 Å². The van der Waals surface area contributed by atoms with E-state index in [1.807, 2.05) is 30.3 Å². The lowest BCUT2D eigenvalue weighted by molar-refractivity contribution is 0.304. The average Bonchev–Trinajstić information content (AvgIpc) is 3.05. The lowest BCUT2D eigenvalue weighted by atomic mass is 9.94. The molecule has 0 unspecified atom stereocenters. The second-order valence-electron chi connectivity index (χ2n) is 7.13. The first-order valence-electron chi connectivity index (χ1n) is 8.33. The molecule has 0 saturated carbocycles. The first-order valence-corrected chi connectivity index (χ1v) is 8.33. The van der Waals surface area contributed by atoms with Crippen LogP contribution in [0.4, 0.5) is 0 Å². The first-order chi connectivity index (χ1) is 11.9. The predicted molar refractivity (Wildman–Crippen MR) is 97.2 cm³/mol. The summed E-state index contributed by atoms with van der Waals surface area (Å²) in [5.74, 6) is 2.73. The number of rotatable bonds is 5. The summed E-state index contributed by atoms with van der Waals surface area (Å²) in [6.45, 7) is 8.81.